The predicted molar refractivity (Wildman–Crippen MR) is 89.2 cm³/mol. The zero-order chi connectivity index (χ0) is 19.8. The molecule has 146 valence electrons. The summed E-state index contributed by atoms with van der Waals surface area (Å²) in [5, 5.41) is 30.7. The standard InChI is InChI=1S/C15H17N3O8S/c1-8-2-4-9(5-3-8)27(23,24)26-14-11(7-19)25-13(12(14)20)10-6-16-15(17-10)18(21)22/h2-6,11-14,19-20H,7H2,1H3,(H,16,17)/t11-,12+,13+,14-/m1/s1. The van der Waals surface area contributed by atoms with E-state index in [0.717, 1.165) is 11.8 Å². The lowest BCUT2D eigenvalue weighted by Crippen LogP contribution is -2.37. The molecule has 0 amide bonds. The Morgan fingerprint density at radius 2 is 2.04 bits per heavy atom. The van der Waals surface area contributed by atoms with Gasteiger partial charge in [0.25, 0.3) is 10.1 Å². The second-order valence-corrected chi connectivity index (χ2v) is 7.59. The van der Waals surface area contributed by atoms with E-state index in [4.69, 9.17) is 8.92 Å². The van der Waals surface area contributed by atoms with Crippen molar-refractivity contribution in [2.75, 3.05) is 6.61 Å². The van der Waals surface area contributed by atoms with Crippen molar-refractivity contribution in [1.29, 1.82) is 0 Å². The quantitative estimate of drug-likeness (QED) is 0.349. The van der Waals surface area contributed by atoms with Crippen molar-refractivity contribution >= 4 is 16.1 Å². The summed E-state index contributed by atoms with van der Waals surface area (Å²) in [5.41, 5.74) is 0.916. The van der Waals surface area contributed by atoms with E-state index in [9.17, 15) is 28.7 Å². The van der Waals surface area contributed by atoms with Crippen molar-refractivity contribution in [1.82, 2.24) is 9.97 Å². The largest absolute Gasteiger partial charge is 0.432 e. The lowest BCUT2D eigenvalue weighted by molar-refractivity contribution is -0.393. The number of aromatic nitrogens is 2. The molecule has 1 aliphatic rings. The summed E-state index contributed by atoms with van der Waals surface area (Å²) in [6, 6.07) is 5.90. The van der Waals surface area contributed by atoms with Crippen LogP contribution < -0.4 is 0 Å². The molecule has 2 heterocycles. The second-order valence-electron chi connectivity index (χ2n) is 6.02. The molecule has 4 atom stereocenters. The van der Waals surface area contributed by atoms with Crippen LogP contribution in [0.4, 0.5) is 5.95 Å². The monoisotopic (exact) mass is 399 g/mol. The van der Waals surface area contributed by atoms with Crippen LogP contribution in [0.1, 0.15) is 17.4 Å². The predicted octanol–water partition coefficient (Wildman–Crippen LogP) is 0.194. The molecule has 1 fully saturated rings. The van der Waals surface area contributed by atoms with Gasteiger partial charge >= 0.3 is 5.95 Å². The van der Waals surface area contributed by atoms with Gasteiger partial charge in [-0.1, -0.05) is 22.7 Å². The Morgan fingerprint density at radius 3 is 2.59 bits per heavy atom. The minimum Gasteiger partial charge on any atom is -0.394 e. The number of nitrogens with zero attached hydrogens (tertiary/aromatic N) is 2. The maximum absolute atomic E-state index is 12.5. The zero-order valence-electron chi connectivity index (χ0n) is 14.0. The van der Waals surface area contributed by atoms with Gasteiger partial charge in [0.1, 0.15) is 36.3 Å². The Kier molecular flexibility index (Phi) is 5.26. The van der Waals surface area contributed by atoms with Crippen molar-refractivity contribution in [2.45, 2.75) is 36.2 Å². The smallest absolute Gasteiger partial charge is 0.394 e. The number of imidazole rings is 1. The fourth-order valence-electron chi connectivity index (χ4n) is 2.73. The molecule has 3 N–H and O–H groups in total. The molecule has 2 aromatic rings. The molecule has 1 aromatic heterocycles. The van der Waals surface area contributed by atoms with E-state index in [1.54, 1.807) is 19.1 Å². The number of rotatable bonds is 6. The van der Waals surface area contributed by atoms with Gasteiger partial charge in [-0.15, -0.1) is 0 Å². The van der Waals surface area contributed by atoms with E-state index >= 15 is 0 Å². The van der Waals surface area contributed by atoms with Gasteiger partial charge in [0, 0.05) is 0 Å². The summed E-state index contributed by atoms with van der Waals surface area (Å²) in [4.78, 5) is 15.8. The molecule has 1 saturated heterocycles. The summed E-state index contributed by atoms with van der Waals surface area (Å²) in [6.45, 7) is 1.17. The average Bonchev–Trinajstić information content (AvgIpc) is 3.21. The maximum Gasteiger partial charge on any atom is 0.432 e. The number of nitrogens with one attached hydrogen (secondary N) is 1. The van der Waals surface area contributed by atoms with E-state index in [0.29, 0.717) is 0 Å². The number of aromatic amines is 1. The molecular formula is C15H17N3O8S. The first-order chi connectivity index (χ1) is 12.7. The highest BCUT2D eigenvalue weighted by Crippen LogP contribution is 2.36. The van der Waals surface area contributed by atoms with Crippen molar-refractivity contribution in [3.8, 4) is 0 Å². The molecule has 0 aliphatic carbocycles. The van der Waals surface area contributed by atoms with Crippen LogP contribution in [0, 0.1) is 17.0 Å². The topological polar surface area (TPSA) is 165 Å². The van der Waals surface area contributed by atoms with E-state index in [-0.39, 0.29) is 10.6 Å². The van der Waals surface area contributed by atoms with E-state index in [1.165, 1.54) is 12.1 Å². The summed E-state index contributed by atoms with van der Waals surface area (Å²) < 4.78 is 35.5. The van der Waals surface area contributed by atoms with E-state index in [2.05, 4.69) is 9.97 Å². The van der Waals surface area contributed by atoms with Crippen LogP contribution in [0.2, 0.25) is 0 Å². The number of aryl methyl sites for hydroxylation is 1. The Hall–Kier alpha value is -2.38. The Morgan fingerprint density at radius 1 is 1.37 bits per heavy atom. The van der Waals surface area contributed by atoms with Crippen molar-refractivity contribution < 1.29 is 32.5 Å². The van der Waals surface area contributed by atoms with Crippen LogP contribution >= 0.6 is 0 Å². The highest BCUT2D eigenvalue weighted by atomic mass is 32.2. The lowest BCUT2D eigenvalue weighted by Gasteiger charge is -2.19. The molecule has 12 heteroatoms. The van der Waals surface area contributed by atoms with Gasteiger partial charge in [-0.2, -0.15) is 8.42 Å². The first kappa shape index (κ1) is 19.4. The molecule has 0 spiro atoms. The number of ether oxygens (including phenoxy) is 1. The molecule has 1 aliphatic heterocycles. The summed E-state index contributed by atoms with van der Waals surface area (Å²) in [5.74, 6) is -0.557. The average molecular weight is 399 g/mol. The zero-order valence-corrected chi connectivity index (χ0v) is 14.9. The van der Waals surface area contributed by atoms with Gasteiger partial charge in [-0.3, -0.25) is 4.18 Å². The minimum atomic E-state index is -4.24. The number of benzene rings is 1. The van der Waals surface area contributed by atoms with Crippen LogP contribution in [0.5, 0.6) is 0 Å². The fourth-order valence-corrected chi connectivity index (χ4v) is 3.84. The summed E-state index contributed by atoms with van der Waals surface area (Å²) in [7, 11) is -4.24. The first-order valence-electron chi connectivity index (χ1n) is 7.86. The van der Waals surface area contributed by atoms with Gasteiger partial charge in [0.05, 0.1) is 11.5 Å². The van der Waals surface area contributed by atoms with Crippen LogP contribution in [-0.2, 0) is 19.0 Å². The Labute approximate surface area is 153 Å². The molecule has 3 rings (SSSR count). The number of hydrogen-bond donors (Lipinski definition) is 3. The van der Waals surface area contributed by atoms with Crippen molar-refractivity contribution in [3.63, 3.8) is 0 Å². The molecule has 0 bridgehead atoms. The highest BCUT2D eigenvalue weighted by molar-refractivity contribution is 7.86. The molecule has 0 radical (unpaired) electrons. The van der Waals surface area contributed by atoms with Crippen LogP contribution in [0.15, 0.2) is 35.4 Å². The Balaban J connectivity index is 1.83. The number of H-pyrrole nitrogens is 1. The minimum absolute atomic E-state index is 0.0616. The lowest BCUT2D eigenvalue weighted by atomic mass is 10.1. The first-order valence-corrected chi connectivity index (χ1v) is 9.27. The third-order valence-electron chi connectivity index (χ3n) is 4.12. The Bertz CT molecular complexity index is 927. The highest BCUT2D eigenvalue weighted by Gasteiger charge is 2.49. The molecule has 1 aromatic carbocycles. The fraction of sp³-hybridized carbons (Fsp3) is 0.400. The third-order valence-corrected chi connectivity index (χ3v) is 5.45. The number of aliphatic hydroxyl groups excluding tert-OH is 2. The number of nitro groups is 1. The number of hydrogen-bond acceptors (Lipinski definition) is 9. The van der Waals surface area contributed by atoms with Crippen molar-refractivity contribution in [2.24, 2.45) is 0 Å². The molecule has 27 heavy (non-hydrogen) atoms. The van der Waals surface area contributed by atoms with Gasteiger partial charge in [-0.25, -0.2) is 4.98 Å². The number of aliphatic hydroxyl groups is 2. The van der Waals surface area contributed by atoms with Gasteiger partial charge < -0.3 is 25.1 Å². The van der Waals surface area contributed by atoms with Crippen LogP contribution in [0.3, 0.4) is 0 Å². The van der Waals surface area contributed by atoms with Crippen LogP contribution in [0.25, 0.3) is 0 Å². The normalized spacial score (nSPS) is 25.6. The summed E-state index contributed by atoms with van der Waals surface area (Å²) >= 11 is 0. The third kappa shape index (κ3) is 3.84. The molecule has 11 nitrogen and oxygen atoms in total. The maximum atomic E-state index is 12.5. The SMILES string of the molecule is Cc1ccc(S(=O)(=O)O[C@H]2[C@@H](O)[C@H](c3cnc([N+](=O)[O-])[nH]3)O[C@@H]2CO)cc1. The van der Waals surface area contributed by atoms with E-state index < -0.39 is 52.0 Å². The van der Waals surface area contributed by atoms with Gasteiger partial charge in [-0.05, 0) is 24.0 Å². The second kappa shape index (κ2) is 7.32. The molecular weight excluding hydrogens is 382 g/mol. The molecule has 0 unspecified atom stereocenters. The van der Waals surface area contributed by atoms with Gasteiger partial charge in [0.2, 0.25) is 0 Å². The van der Waals surface area contributed by atoms with Crippen LogP contribution in [-0.4, -0.2) is 58.4 Å². The van der Waals surface area contributed by atoms with E-state index in [1.807, 2.05) is 0 Å². The van der Waals surface area contributed by atoms with Gasteiger partial charge in [0.15, 0.2) is 0 Å². The molecule has 0 saturated carbocycles. The summed E-state index contributed by atoms with van der Waals surface area (Å²) in [6.07, 6.45) is -4.16. The van der Waals surface area contributed by atoms with Crippen molar-refractivity contribution in [3.05, 3.63) is 51.8 Å².